The smallest absolute Gasteiger partial charge is 0.337 e. The fraction of sp³-hybridized carbons (Fsp3) is 0. The molecule has 16 heavy (non-hydrogen) atoms. The summed E-state index contributed by atoms with van der Waals surface area (Å²) >= 11 is 1.32. The maximum atomic E-state index is 11.0. The van der Waals surface area contributed by atoms with Crippen LogP contribution in [0, 0.1) is 11.3 Å². The minimum Gasteiger partial charge on any atom is -0.478 e. The Balaban J connectivity index is 2.64. The van der Waals surface area contributed by atoms with Crippen molar-refractivity contribution in [3.8, 4) is 17.2 Å². The predicted octanol–water partition coefficient (Wildman–Crippen LogP) is 2.98. The fourth-order valence-corrected chi connectivity index (χ4v) is 2.31. The molecule has 0 saturated carbocycles. The van der Waals surface area contributed by atoms with Crippen molar-refractivity contribution in [2.45, 2.75) is 0 Å². The number of carboxylic acid groups (broad SMARTS) is 1. The molecule has 0 radical (unpaired) electrons. The maximum absolute atomic E-state index is 11.0. The highest BCUT2D eigenvalue weighted by Gasteiger charge is 2.14. The minimum absolute atomic E-state index is 0.243. The summed E-state index contributed by atoms with van der Waals surface area (Å²) in [5, 5.41) is 21.3. The van der Waals surface area contributed by atoms with Gasteiger partial charge in [-0.15, -0.1) is 0 Å². The summed E-state index contributed by atoms with van der Waals surface area (Å²) in [4.78, 5) is 11.0. The van der Waals surface area contributed by atoms with E-state index in [1.807, 2.05) is 0 Å². The highest BCUT2D eigenvalue weighted by atomic mass is 32.1. The average molecular weight is 229 g/mol. The minimum atomic E-state index is -0.969. The fourth-order valence-electron chi connectivity index (χ4n) is 1.49. The molecule has 0 unspecified atom stereocenters. The molecule has 0 bridgehead atoms. The molecule has 0 aliphatic heterocycles. The van der Waals surface area contributed by atoms with Crippen LogP contribution < -0.4 is 0 Å². The number of aromatic carboxylic acids is 1. The molecule has 1 N–H and O–H groups in total. The number of hydrogen-bond donors (Lipinski definition) is 1. The first-order chi connectivity index (χ1) is 7.74. The van der Waals surface area contributed by atoms with Crippen molar-refractivity contribution >= 4 is 17.3 Å². The van der Waals surface area contributed by atoms with Crippen LogP contribution in [-0.2, 0) is 0 Å². The van der Waals surface area contributed by atoms with E-state index in [1.54, 1.807) is 35.0 Å². The first-order valence-electron chi connectivity index (χ1n) is 4.53. The van der Waals surface area contributed by atoms with Gasteiger partial charge in [-0.2, -0.15) is 16.6 Å². The van der Waals surface area contributed by atoms with E-state index in [9.17, 15) is 4.79 Å². The number of nitriles is 1. The van der Waals surface area contributed by atoms with Gasteiger partial charge in [0.2, 0.25) is 0 Å². The highest BCUT2D eigenvalue weighted by Crippen LogP contribution is 2.29. The topological polar surface area (TPSA) is 61.1 Å². The molecule has 0 saturated heterocycles. The third kappa shape index (κ3) is 1.69. The van der Waals surface area contributed by atoms with Gasteiger partial charge in [-0.25, -0.2) is 4.79 Å². The molecule has 4 heteroatoms. The number of thiophene rings is 1. The zero-order valence-corrected chi connectivity index (χ0v) is 8.99. The van der Waals surface area contributed by atoms with Gasteiger partial charge in [0, 0.05) is 16.5 Å². The molecular weight excluding hydrogens is 222 g/mol. The van der Waals surface area contributed by atoms with Crippen molar-refractivity contribution in [3.63, 3.8) is 0 Å². The van der Waals surface area contributed by atoms with Crippen LogP contribution in [0.3, 0.4) is 0 Å². The van der Waals surface area contributed by atoms with Crippen molar-refractivity contribution in [2.24, 2.45) is 0 Å². The first-order valence-corrected chi connectivity index (χ1v) is 5.47. The summed E-state index contributed by atoms with van der Waals surface area (Å²) in [5.41, 5.74) is 2.01. The highest BCUT2D eigenvalue weighted by molar-refractivity contribution is 7.08. The van der Waals surface area contributed by atoms with Crippen LogP contribution >= 0.6 is 11.3 Å². The van der Waals surface area contributed by atoms with Crippen LogP contribution in [0.5, 0.6) is 0 Å². The van der Waals surface area contributed by atoms with Crippen molar-refractivity contribution in [3.05, 3.63) is 46.2 Å². The second kappa shape index (κ2) is 4.17. The maximum Gasteiger partial charge on any atom is 0.337 e. The summed E-state index contributed by atoms with van der Waals surface area (Å²) < 4.78 is 0. The lowest BCUT2D eigenvalue weighted by Crippen LogP contribution is -1.96. The van der Waals surface area contributed by atoms with Crippen LogP contribution in [0.15, 0.2) is 35.0 Å². The van der Waals surface area contributed by atoms with E-state index in [0.29, 0.717) is 16.7 Å². The quantitative estimate of drug-likeness (QED) is 0.861. The van der Waals surface area contributed by atoms with E-state index in [0.717, 1.165) is 0 Å². The molecule has 1 aromatic carbocycles. The van der Waals surface area contributed by atoms with Gasteiger partial charge >= 0.3 is 5.97 Å². The lowest BCUT2D eigenvalue weighted by molar-refractivity contribution is 0.0698. The average Bonchev–Trinajstić information content (AvgIpc) is 2.77. The molecule has 2 aromatic rings. The molecule has 0 atom stereocenters. The predicted molar refractivity (Wildman–Crippen MR) is 61.4 cm³/mol. The third-order valence-electron chi connectivity index (χ3n) is 2.23. The Morgan fingerprint density at radius 3 is 2.69 bits per heavy atom. The van der Waals surface area contributed by atoms with Gasteiger partial charge in [-0.3, -0.25) is 0 Å². The molecule has 0 aliphatic carbocycles. The number of carbonyl (C=O) groups is 1. The van der Waals surface area contributed by atoms with Crippen LogP contribution in [0.4, 0.5) is 0 Å². The summed E-state index contributed by atoms with van der Waals surface area (Å²) in [6, 6.07) is 9.05. The Morgan fingerprint density at radius 2 is 2.00 bits per heavy atom. The van der Waals surface area contributed by atoms with Gasteiger partial charge in [0.05, 0.1) is 17.2 Å². The molecule has 1 aromatic heterocycles. The molecule has 0 spiro atoms. The van der Waals surface area contributed by atoms with Crippen LogP contribution in [0.2, 0.25) is 0 Å². The standard InChI is InChI=1S/C12H7NO2S/c13-5-8-3-1-2-4-9(8)10-6-16-7-11(10)12(14)15/h1-4,6-7H,(H,14,15). The number of rotatable bonds is 2. The third-order valence-corrected chi connectivity index (χ3v) is 2.97. The van der Waals surface area contributed by atoms with Crippen LogP contribution in [-0.4, -0.2) is 11.1 Å². The lowest BCUT2D eigenvalue weighted by Gasteiger charge is -2.02. The Labute approximate surface area is 96.2 Å². The first kappa shape index (κ1) is 10.4. The number of hydrogen-bond acceptors (Lipinski definition) is 3. The van der Waals surface area contributed by atoms with Gasteiger partial charge in [-0.05, 0) is 11.4 Å². The summed E-state index contributed by atoms with van der Waals surface area (Å²) in [6.45, 7) is 0. The normalized spacial score (nSPS) is 9.69. The number of benzene rings is 1. The van der Waals surface area contributed by atoms with E-state index < -0.39 is 5.97 Å². The van der Waals surface area contributed by atoms with Gasteiger partial charge in [0.25, 0.3) is 0 Å². The Kier molecular flexibility index (Phi) is 2.71. The van der Waals surface area contributed by atoms with Gasteiger partial charge in [0.15, 0.2) is 0 Å². The lowest BCUT2D eigenvalue weighted by atomic mass is 10.00. The van der Waals surface area contributed by atoms with E-state index in [-0.39, 0.29) is 5.56 Å². The molecule has 78 valence electrons. The second-order valence-corrected chi connectivity index (χ2v) is 3.91. The van der Waals surface area contributed by atoms with E-state index in [1.165, 1.54) is 11.3 Å². The molecule has 2 rings (SSSR count). The van der Waals surface area contributed by atoms with Crippen LogP contribution in [0.1, 0.15) is 15.9 Å². The second-order valence-electron chi connectivity index (χ2n) is 3.16. The largest absolute Gasteiger partial charge is 0.478 e. The zero-order valence-electron chi connectivity index (χ0n) is 8.18. The molecule has 0 amide bonds. The van der Waals surface area contributed by atoms with E-state index in [2.05, 4.69) is 6.07 Å². The van der Waals surface area contributed by atoms with Crippen molar-refractivity contribution in [2.75, 3.05) is 0 Å². The Bertz CT molecular complexity index is 581. The molecule has 3 nitrogen and oxygen atoms in total. The van der Waals surface area contributed by atoms with Gasteiger partial charge < -0.3 is 5.11 Å². The SMILES string of the molecule is N#Cc1ccccc1-c1cscc1C(=O)O. The Morgan fingerprint density at radius 1 is 1.25 bits per heavy atom. The van der Waals surface area contributed by atoms with Gasteiger partial charge in [-0.1, -0.05) is 18.2 Å². The molecule has 1 heterocycles. The molecule has 0 fully saturated rings. The Hall–Kier alpha value is -2.12. The number of carboxylic acids is 1. The number of nitrogens with zero attached hydrogens (tertiary/aromatic N) is 1. The van der Waals surface area contributed by atoms with Crippen molar-refractivity contribution in [1.82, 2.24) is 0 Å². The monoisotopic (exact) mass is 229 g/mol. The zero-order chi connectivity index (χ0) is 11.5. The van der Waals surface area contributed by atoms with Crippen LogP contribution in [0.25, 0.3) is 11.1 Å². The van der Waals surface area contributed by atoms with E-state index >= 15 is 0 Å². The summed E-state index contributed by atoms with van der Waals surface area (Å²) in [6.07, 6.45) is 0. The summed E-state index contributed by atoms with van der Waals surface area (Å²) in [7, 11) is 0. The molecular formula is C12H7NO2S. The van der Waals surface area contributed by atoms with E-state index in [4.69, 9.17) is 10.4 Å². The molecule has 0 aliphatic rings. The summed E-state index contributed by atoms with van der Waals surface area (Å²) in [5.74, 6) is -0.969. The van der Waals surface area contributed by atoms with Gasteiger partial charge in [0.1, 0.15) is 0 Å². The van der Waals surface area contributed by atoms with Crippen molar-refractivity contribution in [1.29, 1.82) is 5.26 Å². The van der Waals surface area contributed by atoms with Crippen molar-refractivity contribution < 1.29 is 9.90 Å².